The molecule has 2 bridgehead atoms. The van der Waals surface area contributed by atoms with Crippen LogP contribution in [0.5, 0.6) is 11.5 Å². The van der Waals surface area contributed by atoms with Crippen LogP contribution in [0.15, 0.2) is 103 Å². The molecule has 4 fully saturated rings. The van der Waals surface area contributed by atoms with Gasteiger partial charge in [-0.2, -0.15) is 0 Å². The van der Waals surface area contributed by atoms with Gasteiger partial charge in [0.2, 0.25) is 0 Å². The summed E-state index contributed by atoms with van der Waals surface area (Å²) in [5, 5.41) is 0. The molecular formula is C51H51NO. The van der Waals surface area contributed by atoms with E-state index in [0.29, 0.717) is 5.41 Å². The summed E-state index contributed by atoms with van der Waals surface area (Å²) >= 11 is 0. The fraction of sp³-hybridized carbons (Fsp3) is 0.412. The summed E-state index contributed by atoms with van der Waals surface area (Å²) in [4.78, 5) is 2.54. The minimum Gasteiger partial charge on any atom is -0.457 e. The Bertz CT molecular complexity index is 2430. The molecule has 6 aliphatic carbocycles. The van der Waals surface area contributed by atoms with Gasteiger partial charge in [0, 0.05) is 45.1 Å². The maximum Gasteiger partial charge on any atom is 0.133 e. The molecule has 2 nitrogen and oxygen atoms in total. The van der Waals surface area contributed by atoms with Crippen LogP contribution in [0.2, 0.25) is 0 Å². The highest BCUT2D eigenvalue weighted by Crippen LogP contribution is 2.89. The zero-order valence-electron chi connectivity index (χ0n) is 32.2. The summed E-state index contributed by atoms with van der Waals surface area (Å²) in [6, 6.07) is 40.0. The van der Waals surface area contributed by atoms with Crippen molar-refractivity contribution in [3.63, 3.8) is 0 Å². The van der Waals surface area contributed by atoms with Crippen molar-refractivity contribution < 1.29 is 4.74 Å². The lowest BCUT2D eigenvalue weighted by Crippen LogP contribution is -2.74. The van der Waals surface area contributed by atoms with Crippen LogP contribution in [0.25, 0.3) is 11.1 Å². The average Bonchev–Trinajstić information content (AvgIpc) is 3.76. The predicted octanol–water partition coefficient (Wildman–Crippen LogP) is 13.3. The second-order valence-electron chi connectivity index (χ2n) is 20.1. The number of rotatable bonds is 3. The van der Waals surface area contributed by atoms with Gasteiger partial charge in [-0.3, -0.25) is 0 Å². The lowest BCUT2D eigenvalue weighted by Gasteiger charge is -2.77. The quantitative estimate of drug-likeness (QED) is 0.186. The van der Waals surface area contributed by atoms with Gasteiger partial charge in [-0.1, -0.05) is 102 Å². The van der Waals surface area contributed by atoms with E-state index in [2.05, 4.69) is 150 Å². The molecule has 2 heteroatoms. The lowest BCUT2D eigenvalue weighted by molar-refractivity contribution is -0.235. The van der Waals surface area contributed by atoms with Crippen molar-refractivity contribution in [1.29, 1.82) is 0 Å². The Balaban J connectivity index is 1.05. The molecule has 1 heterocycles. The molecule has 6 unspecified atom stereocenters. The van der Waals surface area contributed by atoms with Gasteiger partial charge in [-0.25, -0.2) is 0 Å². The lowest BCUT2D eigenvalue weighted by atomic mass is 9.26. The van der Waals surface area contributed by atoms with Crippen LogP contribution in [0.4, 0.5) is 17.1 Å². The summed E-state index contributed by atoms with van der Waals surface area (Å²) in [6.07, 6.45) is 8.16. The molecule has 5 aromatic carbocycles. The molecule has 266 valence electrons. The first kappa shape index (κ1) is 31.1. The molecule has 0 N–H and O–H groups in total. The highest BCUT2D eigenvalue weighted by atomic mass is 16.5. The van der Waals surface area contributed by atoms with Gasteiger partial charge in [-0.05, 0) is 148 Å². The largest absolute Gasteiger partial charge is 0.457 e. The standard InChI is InChI=1S/C51H51NO/c1-47(2)21-22-48(3,4)42-27-33(16-19-38(42)47)52(32-15-18-36-35-11-7-8-12-37(35)49(5,6)41(36)26-32)34-17-20-40-44(28-34)53-43-14-10-9-13-39(43)51(40)45-24-30-23-31-25-46(51)50(31,45)29-30/h7-20,26-28,30-31,45-46H,21-25,29H2,1-6H3. The first-order valence-electron chi connectivity index (χ1n) is 20.6. The van der Waals surface area contributed by atoms with Crippen LogP contribution in [0, 0.1) is 29.1 Å². The third kappa shape index (κ3) is 3.58. The smallest absolute Gasteiger partial charge is 0.133 e. The van der Waals surface area contributed by atoms with Gasteiger partial charge in [0.25, 0.3) is 0 Å². The zero-order valence-corrected chi connectivity index (χ0v) is 32.2. The fourth-order valence-electron chi connectivity index (χ4n) is 14.2. The monoisotopic (exact) mass is 693 g/mol. The van der Waals surface area contributed by atoms with Crippen molar-refractivity contribution in [1.82, 2.24) is 0 Å². The van der Waals surface area contributed by atoms with Crippen molar-refractivity contribution in [2.75, 3.05) is 4.90 Å². The van der Waals surface area contributed by atoms with Gasteiger partial charge >= 0.3 is 0 Å². The summed E-state index contributed by atoms with van der Waals surface area (Å²) in [5.74, 6) is 5.53. The minimum atomic E-state index is -0.0774. The molecule has 7 aliphatic rings. The molecule has 0 saturated heterocycles. The molecule has 1 aliphatic heterocycles. The zero-order chi connectivity index (χ0) is 35.9. The van der Waals surface area contributed by atoms with Crippen molar-refractivity contribution in [3.05, 3.63) is 137 Å². The summed E-state index contributed by atoms with van der Waals surface area (Å²) in [5.41, 5.74) is 15.9. The molecule has 4 saturated carbocycles. The van der Waals surface area contributed by atoms with Crippen molar-refractivity contribution in [3.8, 4) is 22.6 Å². The molecule has 0 aromatic heterocycles. The molecule has 5 aromatic rings. The van der Waals surface area contributed by atoms with E-state index in [1.165, 1.54) is 100 Å². The van der Waals surface area contributed by atoms with Crippen LogP contribution in [-0.4, -0.2) is 0 Å². The number of hydrogen-bond acceptors (Lipinski definition) is 2. The SMILES string of the molecule is CC1(C)CCC(C)(C)c2cc(N(c3ccc4c(c3)Oc3ccccc3C43C4CC5CC6CC3C64C5)c3ccc4c(c3)C(C)(C)c3ccccc3-4)ccc21. The number of benzene rings is 5. The van der Waals surface area contributed by atoms with Crippen molar-refractivity contribution in [2.24, 2.45) is 29.1 Å². The number of nitrogens with zero attached hydrogens (tertiary/aromatic N) is 1. The van der Waals surface area contributed by atoms with Crippen molar-refractivity contribution in [2.45, 2.75) is 102 Å². The number of ether oxygens (including phenoxy) is 1. The molecule has 0 radical (unpaired) electrons. The third-order valence-corrected chi connectivity index (χ3v) is 16.6. The van der Waals surface area contributed by atoms with Gasteiger partial charge in [0.1, 0.15) is 11.5 Å². The molecule has 2 spiro atoms. The highest BCUT2D eigenvalue weighted by molar-refractivity contribution is 5.86. The van der Waals surface area contributed by atoms with Crippen LogP contribution in [-0.2, 0) is 21.7 Å². The Morgan fingerprint density at radius 3 is 1.92 bits per heavy atom. The van der Waals surface area contributed by atoms with Gasteiger partial charge in [0.05, 0.1) is 0 Å². The first-order valence-corrected chi connectivity index (χ1v) is 20.6. The van der Waals surface area contributed by atoms with Gasteiger partial charge < -0.3 is 9.64 Å². The minimum absolute atomic E-state index is 0.0774. The summed E-state index contributed by atoms with van der Waals surface area (Å²) in [7, 11) is 0. The van der Waals surface area contributed by atoms with E-state index in [1.807, 2.05) is 0 Å². The maximum atomic E-state index is 7.04. The van der Waals surface area contributed by atoms with Crippen LogP contribution < -0.4 is 9.64 Å². The Kier molecular flexibility index (Phi) is 5.67. The average molecular weight is 694 g/mol. The normalized spacial score (nSPS) is 31.5. The van der Waals surface area contributed by atoms with E-state index in [1.54, 1.807) is 0 Å². The maximum absolute atomic E-state index is 7.04. The van der Waals surface area contributed by atoms with E-state index in [9.17, 15) is 0 Å². The van der Waals surface area contributed by atoms with E-state index < -0.39 is 0 Å². The Morgan fingerprint density at radius 1 is 0.528 bits per heavy atom. The van der Waals surface area contributed by atoms with Gasteiger partial charge in [0.15, 0.2) is 0 Å². The molecular weight excluding hydrogens is 643 g/mol. The fourth-order valence-corrected chi connectivity index (χ4v) is 14.2. The highest BCUT2D eigenvalue weighted by Gasteiger charge is 2.84. The van der Waals surface area contributed by atoms with Crippen LogP contribution in [0.1, 0.15) is 113 Å². The van der Waals surface area contributed by atoms with Crippen LogP contribution in [0.3, 0.4) is 0 Å². The number of hydrogen-bond donors (Lipinski definition) is 0. The number of fused-ring (bicyclic) bond motifs is 11. The van der Waals surface area contributed by atoms with Gasteiger partial charge in [-0.15, -0.1) is 0 Å². The van der Waals surface area contributed by atoms with E-state index >= 15 is 0 Å². The molecule has 53 heavy (non-hydrogen) atoms. The molecule has 0 amide bonds. The Hall–Kier alpha value is -4.30. The Labute approximate surface area is 315 Å². The second-order valence-corrected chi connectivity index (χ2v) is 20.1. The Morgan fingerprint density at radius 2 is 1.13 bits per heavy atom. The second kappa shape index (κ2) is 9.67. The van der Waals surface area contributed by atoms with Crippen molar-refractivity contribution >= 4 is 17.1 Å². The molecule has 12 rings (SSSR count). The predicted molar refractivity (Wildman–Crippen MR) is 216 cm³/mol. The topological polar surface area (TPSA) is 12.5 Å². The summed E-state index contributed by atoms with van der Waals surface area (Å²) in [6.45, 7) is 14.5. The van der Waals surface area contributed by atoms with Crippen LogP contribution >= 0.6 is 0 Å². The van der Waals surface area contributed by atoms with E-state index in [4.69, 9.17) is 4.74 Å². The van der Waals surface area contributed by atoms with E-state index in [-0.39, 0.29) is 21.7 Å². The van der Waals surface area contributed by atoms with E-state index in [0.717, 1.165) is 35.2 Å². The third-order valence-electron chi connectivity index (χ3n) is 16.6. The summed E-state index contributed by atoms with van der Waals surface area (Å²) < 4.78 is 7.04. The number of anilines is 3. The molecule has 6 atom stereocenters. The first-order chi connectivity index (χ1) is 25.4. The number of para-hydroxylation sites is 1.